The molecule has 0 spiro atoms. The standard InChI is InChI=1S/C14H14F3N3O/c1-20-12(18)11(19-13(20)9-2-3-9)8-4-6-10(7-5-8)21-14(15,16)17/h4-7,9H,2-3,18H2,1H3. The smallest absolute Gasteiger partial charge is 0.406 e. The van der Waals surface area contributed by atoms with Gasteiger partial charge in [-0.05, 0) is 37.1 Å². The summed E-state index contributed by atoms with van der Waals surface area (Å²) in [5.41, 5.74) is 7.30. The van der Waals surface area contributed by atoms with Crippen molar-refractivity contribution in [3.05, 3.63) is 30.1 Å². The zero-order valence-electron chi connectivity index (χ0n) is 11.3. The SMILES string of the molecule is Cn1c(C2CC2)nc(-c2ccc(OC(F)(F)F)cc2)c1N. The Labute approximate surface area is 119 Å². The van der Waals surface area contributed by atoms with Crippen molar-refractivity contribution in [2.24, 2.45) is 7.05 Å². The third-order valence-corrected chi connectivity index (χ3v) is 3.48. The van der Waals surface area contributed by atoms with E-state index in [1.165, 1.54) is 24.3 Å². The van der Waals surface area contributed by atoms with Gasteiger partial charge in [-0.2, -0.15) is 0 Å². The quantitative estimate of drug-likeness (QED) is 0.944. The highest BCUT2D eigenvalue weighted by Crippen LogP contribution is 2.41. The molecule has 0 unspecified atom stereocenters. The van der Waals surface area contributed by atoms with Gasteiger partial charge >= 0.3 is 6.36 Å². The number of hydrogen-bond acceptors (Lipinski definition) is 3. The molecule has 0 saturated heterocycles. The number of ether oxygens (including phenoxy) is 1. The van der Waals surface area contributed by atoms with E-state index in [2.05, 4.69) is 9.72 Å². The van der Waals surface area contributed by atoms with E-state index in [9.17, 15) is 13.2 Å². The molecule has 4 nitrogen and oxygen atoms in total. The van der Waals surface area contributed by atoms with Gasteiger partial charge < -0.3 is 15.0 Å². The van der Waals surface area contributed by atoms with Crippen LogP contribution in [0.15, 0.2) is 24.3 Å². The Balaban J connectivity index is 1.89. The largest absolute Gasteiger partial charge is 0.573 e. The van der Waals surface area contributed by atoms with Crippen molar-refractivity contribution in [2.75, 3.05) is 5.73 Å². The number of nitrogen functional groups attached to an aromatic ring is 1. The summed E-state index contributed by atoms with van der Waals surface area (Å²) in [4.78, 5) is 4.52. The number of halogens is 3. The van der Waals surface area contributed by atoms with E-state index < -0.39 is 6.36 Å². The summed E-state index contributed by atoms with van der Waals surface area (Å²) in [6.45, 7) is 0. The van der Waals surface area contributed by atoms with Crippen LogP contribution in [0.5, 0.6) is 5.75 Å². The van der Waals surface area contributed by atoms with E-state index in [-0.39, 0.29) is 5.75 Å². The van der Waals surface area contributed by atoms with Gasteiger partial charge in [0.1, 0.15) is 23.1 Å². The zero-order valence-corrected chi connectivity index (χ0v) is 11.3. The first-order chi connectivity index (χ1) is 9.85. The molecule has 1 aromatic heterocycles. The minimum Gasteiger partial charge on any atom is -0.406 e. The highest BCUT2D eigenvalue weighted by molar-refractivity contribution is 5.71. The Hall–Kier alpha value is -2.18. The normalized spacial score (nSPS) is 15.2. The van der Waals surface area contributed by atoms with E-state index in [4.69, 9.17) is 5.73 Å². The second-order valence-corrected chi connectivity index (χ2v) is 5.11. The molecule has 112 valence electrons. The topological polar surface area (TPSA) is 53.1 Å². The number of hydrogen-bond donors (Lipinski definition) is 1. The molecule has 1 aromatic carbocycles. The molecule has 1 aliphatic carbocycles. The van der Waals surface area contributed by atoms with Gasteiger partial charge in [-0.25, -0.2) is 4.98 Å². The van der Waals surface area contributed by atoms with Crippen molar-refractivity contribution in [3.63, 3.8) is 0 Å². The second kappa shape index (κ2) is 4.68. The summed E-state index contributed by atoms with van der Waals surface area (Å²) < 4.78 is 42.1. The van der Waals surface area contributed by atoms with Gasteiger partial charge in [-0.1, -0.05) is 0 Å². The van der Waals surface area contributed by atoms with Gasteiger partial charge in [-0.3, -0.25) is 0 Å². The summed E-state index contributed by atoms with van der Waals surface area (Å²) in [5, 5.41) is 0. The van der Waals surface area contributed by atoms with Gasteiger partial charge in [0.2, 0.25) is 0 Å². The summed E-state index contributed by atoms with van der Waals surface area (Å²) >= 11 is 0. The van der Waals surface area contributed by atoms with Crippen molar-refractivity contribution in [1.29, 1.82) is 0 Å². The lowest BCUT2D eigenvalue weighted by molar-refractivity contribution is -0.274. The predicted molar refractivity (Wildman–Crippen MR) is 71.7 cm³/mol. The minimum absolute atomic E-state index is 0.261. The third-order valence-electron chi connectivity index (χ3n) is 3.48. The van der Waals surface area contributed by atoms with Gasteiger partial charge in [0.25, 0.3) is 0 Å². The van der Waals surface area contributed by atoms with Crippen LogP contribution in [-0.4, -0.2) is 15.9 Å². The maximum atomic E-state index is 12.1. The molecule has 1 fully saturated rings. The number of anilines is 1. The Morgan fingerprint density at radius 2 is 1.86 bits per heavy atom. The van der Waals surface area contributed by atoms with Gasteiger partial charge in [-0.15, -0.1) is 13.2 Å². The second-order valence-electron chi connectivity index (χ2n) is 5.11. The Bertz CT molecular complexity index is 657. The molecule has 0 atom stereocenters. The molecule has 21 heavy (non-hydrogen) atoms. The van der Waals surface area contributed by atoms with Crippen LogP contribution in [0.4, 0.5) is 19.0 Å². The molecule has 2 aromatic rings. The monoisotopic (exact) mass is 297 g/mol. The van der Waals surface area contributed by atoms with Gasteiger partial charge in [0, 0.05) is 18.5 Å². The molecule has 2 N–H and O–H groups in total. The lowest BCUT2D eigenvalue weighted by atomic mass is 10.1. The van der Waals surface area contributed by atoms with E-state index in [0.29, 0.717) is 23.0 Å². The molecule has 1 aliphatic rings. The molecule has 3 rings (SSSR count). The molecule has 0 radical (unpaired) electrons. The van der Waals surface area contributed by atoms with E-state index in [1.54, 1.807) is 0 Å². The first kappa shape index (κ1) is 13.8. The molecule has 0 aliphatic heterocycles. The highest BCUT2D eigenvalue weighted by Gasteiger charge is 2.31. The van der Waals surface area contributed by atoms with Gasteiger partial charge in [0.15, 0.2) is 0 Å². The fourth-order valence-electron chi connectivity index (χ4n) is 2.26. The van der Waals surface area contributed by atoms with Gasteiger partial charge in [0.05, 0.1) is 0 Å². The minimum atomic E-state index is -4.69. The highest BCUT2D eigenvalue weighted by atomic mass is 19.4. The van der Waals surface area contributed by atoms with Crippen LogP contribution in [0, 0.1) is 0 Å². The first-order valence-electron chi connectivity index (χ1n) is 6.53. The zero-order chi connectivity index (χ0) is 15.2. The molecular weight excluding hydrogens is 283 g/mol. The van der Waals surface area contributed by atoms with Crippen LogP contribution < -0.4 is 10.5 Å². The summed E-state index contributed by atoms with van der Waals surface area (Å²) in [7, 11) is 1.85. The number of imidazole rings is 1. The van der Waals surface area contributed by atoms with Crippen molar-refractivity contribution in [3.8, 4) is 17.0 Å². The van der Waals surface area contributed by atoms with Crippen molar-refractivity contribution >= 4 is 5.82 Å². The van der Waals surface area contributed by atoms with E-state index >= 15 is 0 Å². The van der Waals surface area contributed by atoms with Crippen LogP contribution in [-0.2, 0) is 7.05 Å². The third kappa shape index (κ3) is 2.81. The predicted octanol–water partition coefficient (Wildman–Crippen LogP) is 3.45. The van der Waals surface area contributed by atoms with Crippen molar-refractivity contribution in [2.45, 2.75) is 25.1 Å². The average Bonchev–Trinajstić information content (AvgIpc) is 3.19. The van der Waals surface area contributed by atoms with Crippen molar-refractivity contribution < 1.29 is 17.9 Å². The summed E-state index contributed by atoms with van der Waals surface area (Å²) in [5.74, 6) is 1.63. The van der Waals surface area contributed by atoms with E-state index in [0.717, 1.165) is 18.7 Å². The number of nitrogens with zero attached hydrogens (tertiary/aromatic N) is 2. The molecule has 7 heteroatoms. The fourth-order valence-corrected chi connectivity index (χ4v) is 2.26. The van der Waals surface area contributed by atoms with Crippen LogP contribution in [0.25, 0.3) is 11.3 Å². The Morgan fingerprint density at radius 1 is 1.24 bits per heavy atom. The number of benzene rings is 1. The lowest BCUT2D eigenvalue weighted by Crippen LogP contribution is -2.16. The van der Waals surface area contributed by atoms with Crippen LogP contribution >= 0.6 is 0 Å². The number of aromatic nitrogens is 2. The molecule has 0 bridgehead atoms. The Morgan fingerprint density at radius 3 is 2.38 bits per heavy atom. The number of nitrogens with two attached hydrogens (primary N) is 1. The van der Waals surface area contributed by atoms with E-state index in [1.807, 2.05) is 11.6 Å². The number of rotatable bonds is 3. The maximum absolute atomic E-state index is 12.1. The fraction of sp³-hybridized carbons (Fsp3) is 0.357. The van der Waals surface area contributed by atoms with Crippen LogP contribution in [0.3, 0.4) is 0 Å². The average molecular weight is 297 g/mol. The van der Waals surface area contributed by atoms with Crippen LogP contribution in [0.1, 0.15) is 24.6 Å². The molecule has 0 amide bonds. The number of alkyl halides is 3. The molecule has 1 saturated carbocycles. The summed E-state index contributed by atoms with van der Waals surface area (Å²) in [6, 6.07) is 5.56. The summed E-state index contributed by atoms with van der Waals surface area (Å²) in [6.07, 6.45) is -2.49. The Kier molecular flexibility index (Phi) is 3.07. The van der Waals surface area contributed by atoms with Crippen LogP contribution in [0.2, 0.25) is 0 Å². The first-order valence-corrected chi connectivity index (χ1v) is 6.53. The van der Waals surface area contributed by atoms with Crippen molar-refractivity contribution in [1.82, 2.24) is 9.55 Å². The lowest BCUT2D eigenvalue weighted by Gasteiger charge is -2.09. The molecule has 1 heterocycles. The molecular formula is C14H14F3N3O. The maximum Gasteiger partial charge on any atom is 0.573 e.